The number of hydrogen-bond acceptors (Lipinski definition) is 6. The number of carbonyl (C=O) groups excluding carboxylic acids is 1. The van der Waals surface area contributed by atoms with Gasteiger partial charge in [-0.2, -0.15) is 0 Å². The predicted octanol–water partition coefficient (Wildman–Crippen LogP) is 3.19. The normalized spacial score (nSPS) is 12.1. The summed E-state index contributed by atoms with van der Waals surface area (Å²) in [4.78, 5) is 13.4. The second-order valence-electron chi connectivity index (χ2n) is 5.71. The summed E-state index contributed by atoms with van der Waals surface area (Å²) in [6.45, 7) is 1.80. The number of ether oxygens (including phenoxy) is 2. The minimum absolute atomic E-state index is 0.203. The van der Waals surface area contributed by atoms with E-state index in [0.717, 1.165) is 16.9 Å². The lowest BCUT2D eigenvalue weighted by molar-refractivity contribution is -0.115. The largest absolute Gasteiger partial charge is 0.497 e. The van der Waals surface area contributed by atoms with Crippen LogP contribution in [0, 0.1) is 0 Å². The van der Waals surface area contributed by atoms with Gasteiger partial charge in [0.2, 0.25) is 15.9 Å². The maximum atomic E-state index is 12.5. The number of benzene rings is 2. The van der Waals surface area contributed by atoms with Crippen molar-refractivity contribution in [3.05, 3.63) is 42.5 Å². The van der Waals surface area contributed by atoms with Crippen molar-refractivity contribution in [2.24, 2.45) is 0 Å². The summed E-state index contributed by atoms with van der Waals surface area (Å²) < 4.78 is 35.6. The summed E-state index contributed by atoms with van der Waals surface area (Å²) in [6, 6.07) is 12.2. The van der Waals surface area contributed by atoms with Crippen LogP contribution in [0.3, 0.4) is 0 Å². The molecule has 0 spiro atoms. The molecule has 27 heavy (non-hydrogen) atoms. The van der Waals surface area contributed by atoms with Crippen LogP contribution in [0.25, 0.3) is 0 Å². The Balaban J connectivity index is 2.08. The van der Waals surface area contributed by atoms with E-state index in [2.05, 4.69) is 10.0 Å². The minimum Gasteiger partial charge on any atom is -0.497 e. The van der Waals surface area contributed by atoms with Crippen LogP contribution in [0.1, 0.15) is 6.92 Å². The van der Waals surface area contributed by atoms with Gasteiger partial charge in [0, 0.05) is 10.6 Å². The van der Waals surface area contributed by atoms with E-state index in [1.54, 1.807) is 26.2 Å². The van der Waals surface area contributed by atoms with Gasteiger partial charge in [0.1, 0.15) is 11.5 Å². The lowest BCUT2D eigenvalue weighted by Gasteiger charge is -2.15. The number of hydrogen-bond donors (Lipinski definition) is 2. The van der Waals surface area contributed by atoms with Gasteiger partial charge in [0.25, 0.3) is 0 Å². The lowest BCUT2D eigenvalue weighted by Crippen LogP contribution is -2.22. The number of anilines is 2. The molecule has 0 saturated carbocycles. The van der Waals surface area contributed by atoms with Gasteiger partial charge in [-0.3, -0.25) is 9.52 Å². The number of nitrogens with one attached hydrogen (secondary N) is 2. The van der Waals surface area contributed by atoms with Crippen molar-refractivity contribution in [2.75, 3.05) is 30.5 Å². The zero-order chi connectivity index (χ0) is 20.0. The molecule has 2 rings (SSSR count). The minimum atomic E-state index is -3.47. The van der Waals surface area contributed by atoms with Crippen LogP contribution in [0.2, 0.25) is 0 Å². The highest BCUT2D eigenvalue weighted by Crippen LogP contribution is 2.30. The van der Waals surface area contributed by atoms with Crippen molar-refractivity contribution in [1.29, 1.82) is 0 Å². The van der Waals surface area contributed by atoms with Crippen molar-refractivity contribution in [1.82, 2.24) is 0 Å². The van der Waals surface area contributed by atoms with Crippen LogP contribution in [0.4, 0.5) is 11.4 Å². The fourth-order valence-electron chi connectivity index (χ4n) is 2.22. The van der Waals surface area contributed by atoms with E-state index in [-0.39, 0.29) is 16.8 Å². The molecule has 0 heterocycles. The van der Waals surface area contributed by atoms with E-state index < -0.39 is 10.0 Å². The molecule has 7 nitrogen and oxygen atoms in total. The third-order valence-corrected chi connectivity index (χ3v) is 5.21. The van der Waals surface area contributed by atoms with Gasteiger partial charge < -0.3 is 14.8 Å². The Morgan fingerprint density at radius 1 is 1.07 bits per heavy atom. The number of rotatable bonds is 8. The zero-order valence-corrected chi connectivity index (χ0v) is 17.1. The first-order valence-corrected chi connectivity index (χ1v) is 10.8. The molecule has 2 aromatic carbocycles. The monoisotopic (exact) mass is 410 g/mol. The van der Waals surface area contributed by atoms with Crippen LogP contribution >= 0.6 is 11.8 Å². The first kappa shape index (κ1) is 20.9. The predicted molar refractivity (Wildman–Crippen MR) is 108 cm³/mol. The second kappa shape index (κ2) is 9.01. The maximum Gasteiger partial charge on any atom is 0.237 e. The Kier molecular flexibility index (Phi) is 6.98. The summed E-state index contributed by atoms with van der Waals surface area (Å²) in [5.74, 6) is 0.908. The third kappa shape index (κ3) is 6.37. The van der Waals surface area contributed by atoms with Gasteiger partial charge in [-0.05, 0) is 49.4 Å². The molecule has 1 amide bonds. The molecule has 146 valence electrons. The van der Waals surface area contributed by atoms with Crippen molar-refractivity contribution in [3.8, 4) is 11.5 Å². The Morgan fingerprint density at radius 2 is 1.74 bits per heavy atom. The SMILES string of the molecule is COc1ccc(SC(C)C(=O)Nc2ccc(OC)c(NS(C)(=O)=O)c2)cc1. The first-order valence-electron chi connectivity index (χ1n) is 7.99. The highest BCUT2D eigenvalue weighted by Gasteiger charge is 2.16. The van der Waals surface area contributed by atoms with Gasteiger partial charge in [0.15, 0.2) is 0 Å². The molecule has 0 aliphatic rings. The first-order chi connectivity index (χ1) is 12.7. The molecule has 1 atom stereocenters. The molecule has 0 aliphatic carbocycles. The Bertz CT molecular complexity index is 898. The lowest BCUT2D eigenvalue weighted by atomic mass is 10.2. The second-order valence-corrected chi connectivity index (χ2v) is 8.88. The van der Waals surface area contributed by atoms with Crippen molar-refractivity contribution in [3.63, 3.8) is 0 Å². The smallest absolute Gasteiger partial charge is 0.237 e. The van der Waals surface area contributed by atoms with Crippen molar-refractivity contribution in [2.45, 2.75) is 17.1 Å². The fraction of sp³-hybridized carbons (Fsp3) is 0.278. The fourth-order valence-corrected chi connectivity index (χ4v) is 3.65. The quantitative estimate of drug-likeness (QED) is 0.649. The summed E-state index contributed by atoms with van der Waals surface area (Å²) >= 11 is 1.41. The molecule has 0 radical (unpaired) electrons. The third-order valence-electron chi connectivity index (χ3n) is 3.50. The maximum absolute atomic E-state index is 12.5. The standard InChI is InChI=1S/C18H22N2O5S2/c1-12(26-15-8-6-14(24-2)7-9-15)18(21)19-13-5-10-17(25-3)16(11-13)20-27(4,22)23/h5-12,20H,1-4H3,(H,19,21). The van der Waals surface area contributed by atoms with Gasteiger partial charge in [-0.25, -0.2) is 8.42 Å². The molecular weight excluding hydrogens is 388 g/mol. The van der Waals surface area contributed by atoms with Crippen LogP contribution in [-0.4, -0.2) is 40.1 Å². The van der Waals surface area contributed by atoms with Gasteiger partial charge >= 0.3 is 0 Å². The van der Waals surface area contributed by atoms with Gasteiger partial charge in [-0.1, -0.05) is 0 Å². The summed E-state index contributed by atoms with van der Waals surface area (Å²) in [6.07, 6.45) is 1.05. The summed E-state index contributed by atoms with van der Waals surface area (Å²) in [5.41, 5.74) is 0.724. The molecule has 0 aliphatic heterocycles. The Morgan fingerprint density at radius 3 is 2.30 bits per heavy atom. The Labute approximate surface area is 163 Å². The molecule has 1 unspecified atom stereocenters. The summed E-state index contributed by atoms with van der Waals surface area (Å²) in [5, 5.41) is 2.43. The van der Waals surface area contributed by atoms with Gasteiger partial charge in [0.05, 0.1) is 31.4 Å². The Hall–Kier alpha value is -2.39. The van der Waals surface area contributed by atoms with Gasteiger partial charge in [-0.15, -0.1) is 11.8 Å². The molecule has 0 fully saturated rings. The number of amides is 1. The van der Waals surface area contributed by atoms with Crippen molar-refractivity contribution < 1.29 is 22.7 Å². The summed E-state index contributed by atoms with van der Waals surface area (Å²) in [7, 11) is -0.439. The number of carbonyl (C=O) groups is 1. The molecule has 0 bridgehead atoms. The van der Waals surface area contributed by atoms with Crippen LogP contribution in [-0.2, 0) is 14.8 Å². The highest BCUT2D eigenvalue weighted by atomic mass is 32.2. The molecule has 0 aromatic heterocycles. The zero-order valence-electron chi connectivity index (χ0n) is 15.5. The topological polar surface area (TPSA) is 93.7 Å². The molecule has 0 saturated heterocycles. The van der Waals surface area contributed by atoms with E-state index in [4.69, 9.17) is 9.47 Å². The van der Waals surface area contributed by atoms with Crippen molar-refractivity contribution >= 4 is 39.1 Å². The van der Waals surface area contributed by atoms with Crippen LogP contribution < -0.4 is 19.5 Å². The van der Waals surface area contributed by atoms with E-state index in [0.29, 0.717) is 11.4 Å². The van der Waals surface area contributed by atoms with E-state index in [9.17, 15) is 13.2 Å². The number of sulfonamides is 1. The number of methoxy groups -OCH3 is 2. The molecule has 9 heteroatoms. The van der Waals surface area contributed by atoms with Crippen LogP contribution in [0.15, 0.2) is 47.4 Å². The van der Waals surface area contributed by atoms with Crippen LogP contribution in [0.5, 0.6) is 11.5 Å². The molecule has 2 N–H and O–H groups in total. The van der Waals surface area contributed by atoms with E-state index in [1.165, 1.54) is 24.9 Å². The number of thioether (sulfide) groups is 1. The van der Waals surface area contributed by atoms with E-state index >= 15 is 0 Å². The molecular formula is C18H22N2O5S2. The highest BCUT2D eigenvalue weighted by molar-refractivity contribution is 8.00. The average molecular weight is 411 g/mol. The molecule has 2 aromatic rings. The average Bonchev–Trinajstić information content (AvgIpc) is 2.61. The van der Waals surface area contributed by atoms with E-state index in [1.807, 2.05) is 24.3 Å².